The Morgan fingerprint density at radius 2 is 1.72 bits per heavy atom. The number of ketones is 1. The van der Waals surface area contributed by atoms with Crippen LogP contribution < -0.4 is 10.6 Å². The van der Waals surface area contributed by atoms with Gasteiger partial charge in [-0.3, -0.25) is 9.59 Å². The summed E-state index contributed by atoms with van der Waals surface area (Å²) >= 11 is 12.3. The Balaban J connectivity index is 2.16. The highest BCUT2D eigenvalue weighted by Crippen LogP contribution is 2.36. The molecule has 3 unspecified atom stereocenters. The van der Waals surface area contributed by atoms with Crippen LogP contribution >= 0.6 is 23.2 Å². The smallest absolute Gasteiger partial charge is 0.405 e. The molecule has 0 saturated heterocycles. The Morgan fingerprint density at radius 1 is 1.06 bits per heavy atom. The van der Waals surface area contributed by atoms with Crippen molar-refractivity contribution >= 4 is 41.0 Å². The largest absolute Gasteiger partial charge is 0.465 e. The van der Waals surface area contributed by atoms with Crippen molar-refractivity contribution in [2.75, 3.05) is 0 Å². The molecular weight excluding hydrogens is 505 g/mol. The summed E-state index contributed by atoms with van der Waals surface area (Å²) in [6, 6.07) is 9.93. The van der Waals surface area contributed by atoms with Crippen LogP contribution in [0.15, 0.2) is 55.1 Å². The molecule has 0 saturated carbocycles. The normalized spacial score (nSPS) is 14.5. The van der Waals surface area contributed by atoms with Gasteiger partial charge < -0.3 is 15.7 Å². The molecule has 3 rings (SSSR count). The zero-order valence-corrected chi connectivity index (χ0v) is 21.7. The van der Waals surface area contributed by atoms with E-state index >= 15 is 0 Å². The lowest BCUT2D eigenvalue weighted by atomic mass is 9.75. The van der Waals surface area contributed by atoms with Crippen molar-refractivity contribution < 1.29 is 19.5 Å². The first-order chi connectivity index (χ1) is 17.0. The second-order valence-electron chi connectivity index (χ2n) is 8.83. The van der Waals surface area contributed by atoms with E-state index in [4.69, 9.17) is 23.2 Å². The first kappa shape index (κ1) is 27.2. The predicted octanol–water partition coefficient (Wildman–Crippen LogP) is 4.86. The fraction of sp³-hybridized carbons (Fsp3) is 0.320. The minimum Gasteiger partial charge on any atom is -0.465 e. The number of nitrogens with one attached hydrogen (secondary N) is 2. The quantitative estimate of drug-likeness (QED) is 0.338. The lowest BCUT2D eigenvalue weighted by Crippen LogP contribution is -2.67. The van der Waals surface area contributed by atoms with Crippen molar-refractivity contribution in [2.45, 2.75) is 45.3 Å². The van der Waals surface area contributed by atoms with E-state index in [1.54, 1.807) is 20.8 Å². The van der Waals surface area contributed by atoms with Gasteiger partial charge in [-0.2, -0.15) is 5.10 Å². The van der Waals surface area contributed by atoms with Gasteiger partial charge in [0.2, 0.25) is 5.91 Å². The van der Waals surface area contributed by atoms with Gasteiger partial charge in [-0.15, -0.1) is 0 Å². The van der Waals surface area contributed by atoms with Gasteiger partial charge in [0.1, 0.15) is 18.7 Å². The summed E-state index contributed by atoms with van der Waals surface area (Å²) < 4.78 is 1.17. The summed E-state index contributed by atoms with van der Waals surface area (Å²) in [5, 5.41) is 19.5. The molecule has 1 aromatic heterocycles. The Hall–Kier alpha value is -3.43. The second kappa shape index (κ2) is 11.1. The fourth-order valence-electron chi connectivity index (χ4n) is 4.13. The standard InChI is InChI=1S/C25H27Cl2N5O4/c1-14(2)25(31-24(35)36,23(34)30-16(4)17-7-5-15(3)6-8-17)22(32-13-28-12-29-32)21(33)19-10-9-18(26)11-20(19)27/h5-14,16,22,31H,1-4H3,(H,30,34)(H,35,36). The van der Waals surface area contributed by atoms with E-state index in [0.717, 1.165) is 11.1 Å². The number of rotatable bonds is 9. The number of nitrogens with zero attached hydrogens (tertiary/aromatic N) is 3. The highest BCUT2D eigenvalue weighted by Gasteiger charge is 2.55. The number of hydrogen-bond donors (Lipinski definition) is 3. The maximum Gasteiger partial charge on any atom is 0.405 e. The third-order valence-electron chi connectivity index (χ3n) is 6.10. The number of carbonyl (C=O) groups is 3. The molecule has 9 nitrogen and oxygen atoms in total. The van der Waals surface area contributed by atoms with Crippen molar-refractivity contribution in [3.63, 3.8) is 0 Å². The third-order valence-corrected chi connectivity index (χ3v) is 6.65. The van der Waals surface area contributed by atoms with Gasteiger partial charge in [0, 0.05) is 10.6 Å². The number of aryl methyl sites for hydroxylation is 1. The Morgan fingerprint density at radius 3 is 2.25 bits per heavy atom. The molecule has 3 aromatic rings. The number of amides is 2. The van der Waals surface area contributed by atoms with E-state index in [-0.39, 0.29) is 10.6 Å². The zero-order chi connectivity index (χ0) is 26.6. The van der Waals surface area contributed by atoms with Crippen LogP contribution in [0, 0.1) is 12.8 Å². The number of halogens is 2. The molecule has 11 heteroatoms. The summed E-state index contributed by atoms with van der Waals surface area (Å²) in [5.74, 6) is -2.04. The number of Topliss-reactive ketones (excluding diaryl/α,β-unsaturated/α-hetero) is 1. The Labute approximate surface area is 218 Å². The monoisotopic (exact) mass is 531 g/mol. The van der Waals surface area contributed by atoms with Crippen molar-refractivity contribution in [3.8, 4) is 0 Å². The maximum absolute atomic E-state index is 14.0. The molecule has 2 amide bonds. The van der Waals surface area contributed by atoms with E-state index in [1.807, 2.05) is 31.2 Å². The van der Waals surface area contributed by atoms with Gasteiger partial charge in [-0.1, -0.05) is 66.9 Å². The second-order valence-corrected chi connectivity index (χ2v) is 9.67. The van der Waals surface area contributed by atoms with Gasteiger partial charge in [0.25, 0.3) is 0 Å². The molecule has 3 atom stereocenters. The van der Waals surface area contributed by atoms with Gasteiger partial charge in [0.05, 0.1) is 11.1 Å². The van der Waals surface area contributed by atoms with Crippen molar-refractivity contribution in [1.29, 1.82) is 0 Å². The van der Waals surface area contributed by atoms with Crippen LogP contribution in [0.25, 0.3) is 0 Å². The molecule has 3 N–H and O–H groups in total. The average molecular weight is 532 g/mol. The van der Waals surface area contributed by atoms with E-state index in [9.17, 15) is 19.5 Å². The molecule has 0 aliphatic rings. The number of hydrogen-bond acceptors (Lipinski definition) is 5. The van der Waals surface area contributed by atoms with Gasteiger partial charge in [0.15, 0.2) is 11.3 Å². The molecule has 0 spiro atoms. The molecular formula is C25H27Cl2N5O4. The summed E-state index contributed by atoms with van der Waals surface area (Å²) in [6.45, 7) is 7.01. The van der Waals surface area contributed by atoms with Crippen LogP contribution in [0.1, 0.15) is 54.3 Å². The summed E-state index contributed by atoms with van der Waals surface area (Å²) in [6.07, 6.45) is 0.966. The van der Waals surface area contributed by atoms with Crippen LogP contribution in [-0.2, 0) is 4.79 Å². The molecule has 0 fully saturated rings. The fourth-order valence-corrected chi connectivity index (χ4v) is 4.63. The Kier molecular flexibility index (Phi) is 8.37. The van der Waals surface area contributed by atoms with Crippen molar-refractivity contribution in [3.05, 3.63) is 81.9 Å². The van der Waals surface area contributed by atoms with E-state index < -0.39 is 41.3 Å². The molecule has 36 heavy (non-hydrogen) atoms. The SMILES string of the molecule is Cc1ccc(C(C)NC(=O)C(NC(=O)O)(C(C)C)C(C(=O)c2ccc(Cl)cc2Cl)n2cncn2)cc1. The maximum atomic E-state index is 14.0. The van der Waals surface area contributed by atoms with Crippen molar-refractivity contribution in [2.24, 2.45) is 5.92 Å². The highest BCUT2D eigenvalue weighted by molar-refractivity contribution is 6.37. The molecule has 0 aliphatic heterocycles. The molecule has 0 radical (unpaired) electrons. The molecule has 1 heterocycles. The van der Waals surface area contributed by atoms with Crippen LogP contribution in [0.3, 0.4) is 0 Å². The minimum absolute atomic E-state index is 0.0539. The minimum atomic E-state index is -1.99. The number of carboxylic acid groups (broad SMARTS) is 1. The summed E-state index contributed by atoms with van der Waals surface area (Å²) in [4.78, 5) is 44.0. The van der Waals surface area contributed by atoms with Crippen LogP contribution in [0.4, 0.5) is 4.79 Å². The Bertz CT molecular complexity index is 1250. The lowest BCUT2D eigenvalue weighted by molar-refractivity contribution is -0.131. The molecule has 190 valence electrons. The molecule has 0 bridgehead atoms. The summed E-state index contributed by atoms with van der Waals surface area (Å²) in [5.41, 5.74) is -0.0686. The van der Waals surface area contributed by atoms with Crippen LogP contribution in [0.5, 0.6) is 0 Å². The average Bonchev–Trinajstić information content (AvgIpc) is 3.32. The van der Waals surface area contributed by atoms with Crippen LogP contribution in [0.2, 0.25) is 10.0 Å². The predicted molar refractivity (Wildman–Crippen MR) is 136 cm³/mol. The highest BCUT2D eigenvalue weighted by atomic mass is 35.5. The molecule has 0 aliphatic carbocycles. The van der Waals surface area contributed by atoms with E-state index in [1.165, 1.54) is 35.5 Å². The van der Waals surface area contributed by atoms with Crippen molar-refractivity contribution in [1.82, 2.24) is 25.4 Å². The van der Waals surface area contributed by atoms with Gasteiger partial charge in [-0.25, -0.2) is 14.5 Å². The topological polar surface area (TPSA) is 126 Å². The number of aromatic nitrogens is 3. The molecule has 2 aromatic carbocycles. The van der Waals surface area contributed by atoms with E-state index in [0.29, 0.717) is 5.02 Å². The number of benzene rings is 2. The first-order valence-electron chi connectivity index (χ1n) is 11.2. The number of carbonyl (C=O) groups excluding carboxylic acids is 2. The lowest BCUT2D eigenvalue weighted by Gasteiger charge is -2.42. The zero-order valence-electron chi connectivity index (χ0n) is 20.2. The van der Waals surface area contributed by atoms with Gasteiger partial charge >= 0.3 is 6.09 Å². The third kappa shape index (κ3) is 5.52. The van der Waals surface area contributed by atoms with Crippen LogP contribution in [-0.4, -0.2) is 43.2 Å². The van der Waals surface area contributed by atoms with E-state index in [2.05, 4.69) is 20.7 Å². The summed E-state index contributed by atoms with van der Waals surface area (Å²) in [7, 11) is 0. The van der Waals surface area contributed by atoms with Gasteiger partial charge in [-0.05, 0) is 43.5 Å². The first-order valence-corrected chi connectivity index (χ1v) is 11.9.